The number of ether oxygens (including phenoxy) is 1. The van der Waals surface area contributed by atoms with Crippen LogP contribution in [0.3, 0.4) is 0 Å². The van der Waals surface area contributed by atoms with Crippen molar-refractivity contribution < 1.29 is 17.9 Å². The Hall–Kier alpha value is -1.08. The Balaban J connectivity index is 2.33. The van der Waals surface area contributed by atoms with Crippen LogP contribution in [0.4, 0.5) is 0 Å². The van der Waals surface area contributed by atoms with Crippen LogP contribution in [0.2, 0.25) is 0 Å². The van der Waals surface area contributed by atoms with E-state index in [1.165, 1.54) is 0 Å². The van der Waals surface area contributed by atoms with Gasteiger partial charge in [0.2, 0.25) is 0 Å². The van der Waals surface area contributed by atoms with Crippen molar-refractivity contribution in [1.29, 1.82) is 0 Å². The highest BCUT2D eigenvalue weighted by molar-refractivity contribution is 8.13. The minimum atomic E-state index is -4.07. The van der Waals surface area contributed by atoms with Crippen molar-refractivity contribution in [2.24, 2.45) is 0 Å². The first kappa shape index (κ1) is 15.3. The zero-order chi connectivity index (χ0) is 14.9. The number of aromatic amines is 1. The second kappa shape index (κ2) is 5.73. The van der Waals surface area contributed by atoms with E-state index >= 15 is 0 Å². The van der Waals surface area contributed by atoms with Gasteiger partial charge in [0.15, 0.2) is 5.69 Å². The van der Waals surface area contributed by atoms with Gasteiger partial charge in [-0.1, -0.05) is 13.8 Å². The van der Waals surface area contributed by atoms with Crippen LogP contribution in [0, 0.1) is 0 Å². The van der Waals surface area contributed by atoms with Gasteiger partial charge in [0.05, 0.1) is 5.69 Å². The molecule has 0 aliphatic heterocycles. The summed E-state index contributed by atoms with van der Waals surface area (Å²) in [6.45, 7) is 3.57. The van der Waals surface area contributed by atoms with Gasteiger partial charge in [-0.15, -0.1) is 0 Å². The first-order chi connectivity index (χ1) is 9.30. The van der Waals surface area contributed by atoms with Crippen LogP contribution in [0.25, 0.3) is 0 Å². The third-order valence-corrected chi connectivity index (χ3v) is 4.70. The second-order valence-electron chi connectivity index (χ2n) is 5.22. The van der Waals surface area contributed by atoms with Gasteiger partial charge in [-0.2, -0.15) is 5.10 Å². The molecule has 1 fully saturated rings. The molecule has 0 radical (unpaired) electrons. The number of esters is 1. The predicted molar refractivity (Wildman–Crippen MR) is 73.4 cm³/mol. The van der Waals surface area contributed by atoms with Crippen LogP contribution >= 0.6 is 10.7 Å². The number of H-pyrrole nitrogens is 1. The number of nitrogens with one attached hydrogen (secondary N) is 1. The molecular formula is C12H17ClN2O4S. The van der Waals surface area contributed by atoms with E-state index in [2.05, 4.69) is 10.2 Å². The molecule has 1 saturated carbocycles. The van der Waals surface area contributed by atoms with Crippen LogP contribution in [0.5, 0.6) is 0 Å². The third-order valence-electron chi connectivity index (χ3n) is 3.34. The van der Waals surface area contributed by atoms with Crippen LogP contribution in [0.15, 0.2) is 4.90 Å². The van der Waals surface area contributed by atoms with Crippen molar-refractivity contribution in [3.8, 4) is 0 Å². The molecule has 0 bridgehead atoms. The summed E-state index contributed by atoms with van der Waals surface area (Å²) in [6.07, 6.45) is 3.46. The van der Waals surface area contributed by atoms with Crippen molar-refractivity contribution in [2.75, 3.05) is 0 Å². The number of carbonyl (C=O) groups excluding carboxylic acids is 1. The van der Waals surface area contributed by atoms with Gasteiger partial charge in [0.1, 0.15) is 11.0 Å². The SMILES string of the molecule is CC(C)c1[nH]nc(C(=O)OC2CCCC2)c1S(=O)(=O)Cl. The summed E-state index contributed by atoms with van der Waals surface area (Å²) >= 11 is 0. The Kier molecular flexibility index (Phi) is 4.39. The topological polar surface area (TPSA) is 89.1 Å². The zero-order valence-corrected chi connectivity index (χ0v) is 12.9. The lowest BCUT2D eigenvalue weighted by Gasteiger charge is -2.10. The van der Waals surface area contributed by atoms with Gasteiger partial charge in [-0.05, 0) is 31.6 Å². The molecule has 1 aliphatic rings. The third kappa shape index (κ3) is 3.15. The van der Waals surface area contributed by atoms with Crippen molar-refractivity contribution in [3.63, 3.8) is 0 Å². The number of nitrogens with zero attached hydrogens (tertiary/aromatic N) is 1. The van der Waals surface area contributed by atoms with Crippen LogP contribution in [-0.4, -0.2) is 30.7 Å². The quantitative estimate of drug-likeness (QED) is 0.680. The highest BCUT2D eigenvalue weighted by atomic mass is 35.7. The molecule has 8 heteroatoms. The van der Waals surface area contributed by atoms with E-state index in [0.29, 0.717) is 5.69 Å². The number of hydrogen-bond donors (Lipinski definition) is 1. The fourth-order valence-electron chi connectivity index (χ4n) is 2.34. The molecule has 0 aromatic carbocycles. The maximum Gasteiger partial charge on any atom is 0.360 e. The molecule has 0 atom stereocenters. The molecule has 20 heavy (non-hydrogen) atoms. The van der Waals surface area contributed by atoms with Crippen LogP contribution in [-0.2, 0) is 13.8 Å². The van der Waals surface area contributed by atoms with Crippen molar-refractivity contribution in [1.82, 2.24) is 10.2 Å². The summed E-state index contributed by atoms with van der Waals surface area (Å²) in [6, 6.07) is 0. The average Bonchev–Trinajstić information content (AvgIpc) is 2.95. The van der Waals surface area contributed by atoms with Gasteiger partial charge < -0.3 is 4.74 Å². The number of carbonyl (C=O) groups is 1. The number of halogens is 1. The summed E-state index contributed by atoms with van der Waals surface area (Å²) in [5, 5.41) is 6.35. The van der Waals surface area contributed by atoms with Gasteiger partial charge in [-0.3, -0.25) is 5.10 Å². The second-order valence-corrected chi connectivity index (χ2v) is 7.72. The molecule has 0 unspecified atom stereocenters. The van der Waals surface area contributed by atoms with Gasteiger partial charge in [-0.25, -0.2) is 13.2 Å². The summed E-state index contributed by atoms with van der Waals surface area (Å²) in [5.74, 6) is -0.890. The summed E-state index contributed by atoms with van der Waals surface area (Å²) in [5.41, 5.74) is 0.0639. The normalized spacial score (nSPS) is 16.8. The van der Waals surface area contributed by atoms with Crippen LogP contribution in [0.1, 0.15) is 61.6 Å². The molecule has 1 aliphatic carbocycles. The van der Waals surface area contributed by atoms with Crippen molar-refractivity contribution in [3.05, 3.63) is 11.4 Å². The molecule has 0 amide bonds. The van der Waals surface area contributed by atoms with E-state index in [1.807, 2.05) is 0 Å². The van der Waals surface area contributed by atoms with Gasteiger partial charge in [0.25, 0.3) is 9.05 Å². The molecule has 2 rings (SSSR count). The Bertz CT molecular complexity index is 603. The molecule has 0 saturated heterocycles. The van der Waals surface area contributed by atoms with E-state index in [4.69, 9.17) is 15.4 Å². The van der Waals surface area contributed by atoms with Crippen LogP contribution < -0.4 is 0 Å². The maximum absolute atomic E-state index is 12.1. The summed E-state index contributed by atoms with van der Waals surface area (Å²) in [7, 11) is 1.35. The molecule has 1 heterocycles. The largest absolute Gasteiger partial charge is 0.458 e. The summed E-state index contributed by atoms with van der Waals surface area (Å²) in [4.78, 5) is 11.8. The molecule has 0 spiro atoms. The minimum Gasteiger partial charge on any atom is -0.458 e. The number of hydrogen-bond acceptors (Lipinski definition) is 5. The highest BCUT2D eigenvalue weighted by Crippen LogP contribution is 2.29. The number of rotatable bonds is 4. The fourth-order valence-corrected chi connectivity index (χ4v) is 3.71. The Morgan fingerprint density at radius 3 is 2.50 bits per heavy atom. The van der Waals surface area contributed by atoms with E-state index in [-0.39, 0.29) is 22.6 Å². The van der Waals surface area contributed by atoms with Gasteiger partial charge in [0, 0.05) is 10.7 Å². The maximum atomic E-state index is 12.1. The minimum absolute atomic E-state index is 0.154. The average molecular weight is 321 g/mol. The van der Waals surface area contributed by atoms with Crippen molar-refractivity contribution >= 4 is 25.7 Å². The van der Waals surface area contributed by atoms with E-state index in [1.54, 1.807) is 13.8 Å². The summed E-state index contributed by atoms with van der Waals surface area (Å²) < 4.78 is 28.6. The molecule has 1 aromatic heterocycles. The lowest BCUT2D eigenvalue weighted by atomic mass is 10.1. The first-order valence-corrected chi connectivity index (χ1v) is 8.85. The fraction of sp³-hybridized carbons (Fsp3) is 0.667. The molecule has 1 aromatic rings. The highest BCUT2D eigenvalue weighted by Gasteiger charge is 2.32. The Morgan fingerprint density at radius 1 is 1.40 bits per heavy atom. The van der Waals surface area contributed by atoms with E-state index < -0.39 is 15.0 Å². The van der Waals surface area contributed by atoms with E-state index in [0.717, 1.165) is 25.7 Å². The predicted octanol–water partition coefficient (Wildman–Crippen LogP) is 2.56. The standard InChI is InChI=1S/C12H17ClN2O4S/c1-7(2)9-11(20(13,17)18)10(15-14-9)12(16)19-8-5-3-4-6-8/h7-8H,3-6H2,1-2H3,(H,14,15). The smallest absolute Gasteiger partial charge is 0.360 e. The zero-order valence-electron chi connectivity index (χ0n) is 11.3. The lowest BCUT2D eigenvalue weighted by molar-refractivity contribution is 0.0306. The molecule has 1 N–H and O–H groups in total. The monoisotopic (exact) mass is 320 g/mol. The molecule has 112 valence electrons. The lowest BCUT2D eigenvalue weighted by Crippen LogP contribution is -2.17. The Labute approximate surface area is 122 Å². The Morgan fingerprint density at radius 2 is 2.00 bits per heavy atom. The molecule has 6 nitrogen and oxygen atoms in total. The first-order valence-electron chi connectivity index (χ1n) is 6.54. The molecular weight excluding hydrogens is 304 g/mol. The van der Waals surface area contributed by atoms with Gasteiger partial charge >= 0.3 is 5.97 Å². The van der Waals surface area contributed by atoms with Crippen molar-refractivity contribution in [2.45, 2.75) is 56.4 Å². The number of aromatic nitrogens is 2. The van der Waals surface area contributed by atoms with E-state index in [9.17, 15) is 13.2 Å².